The van der Waals surface area contributed by atoms with E-state index >= 15 is 0 Å². The van der Waals surface area contributed by atoms with Crippen LogP contribution in [-0.4, -0.2) is 17.4 Å². The highest BCUT2D eigenvalue weighted by Crippen LogP contribution is 2.20. The quantitative estimate of drug-likeness (QED) is 0.539. The van der Waals surface area contributed by atoms with E-state index in [-0.39, 0.29) is 11.8 Å². The summed E-state index contributed by atoms with van der Waals surface area (Å²) >= 11 is 0. The van der Waals surface area contributed by atoms with Gasteiger partial charge in [0.05, 0.1) is 0 Å². The number of hydrogen-bond acceptors (Lipinski definition) is 3. The molecule has 0 saturated carbocycles. The van der Waals surface area contributed by atoms with Gasteiger partial charge in [-0.3, -0.25) is 9.59 Å². The largest absolute Gasteiger partial charge is 0.459 e. The summed E-state index contributed by atoms with van der Waals surface area (Å²) in [5, 5.41) is 0. The Morgan fingerprint density at radius 1 is 1.15 bits per heavy atom. The van der Waals surface area contributed by atoms with Crippen molar-refractivity contribution in [3.8, 4) is 0 Å². The monoisotopic (exact) mass is 184 g/mol. The van der Waals surface area contributed by atoms with Gasteiger partial charge in [-0.1, -0.05) is 0 Å². The van der Waals surface area contributed by atoms with Crippen LogP contribution in [0.3, 0.4) is 0 Å². The minimum absolute atomic E-state index is 0.181. The lowest BCUT2D eigenvalue weighted by Gasteiger charge is -2.23. The van der Waals surface area contributed by atoms with Crippen molar-refractivity contribution < 1.29 is 14.3 Å². The van der Waals surface area contributed by atoms with Crippen LogP contribution in [0.5, 0.6) is 0 Å². The molecule has 3 heteroatoms. The second kappa shape index (κ2) is 3.90. The molecule has 1 aliphatic rings. The molecule has 0 aromatic carbocycles. The van der Waals surface area contributed by atoms with Gasteiger partial charge in [0.25, 0.3) is 0 Å². The Hall–Kier alpha value is -0.860. The maximum atomic E-state index is 11.3. The summed E-state index contributed by atoms with van der Waals surface area (Å²) in [6, 6.07) is 0. The number of cyclic esters (lactones) is 1. The second-order valence-corrected chi connectivity index (χ2v) is 4.16. The van der Waals surface area contributed by atoms with Crippen molar-refractivity contribution in [2.45, 2.75) is 51.6 Å². The first kappa shape index (κ1) is 10.2. The maximum Gasteiger partial charge on any atom is 0.306 e. The summed E-state index contributed by atoms with van der Waals surface area (Å²) in [7, 11) is 0. The zero-order chi connectivity index (χ0) is 9.90. The van der Waals surface area contributed by atoms with Crippen LogP contribution in [0.1, 0.15) is 46.0 Å². The van der Waals surface area contributed by atoms with Crippen LogP contribution < -0.4 is 0 Å². The minimum atomic E-state index is -0.613. The maximum absolute atomic E-state index is 11.3. The second-order valence-electron chi connectivity index (χ2n) is 4.16. The molecule has 3 nitrogen and oxygen atoms in total. The van der Waals surface area contributed by atoms with E-state index in [2.05, 4.69) is 0 Å². The molecule has 1 rings (SSSR count). The molecule has 74 valence electrons. The van der Waals surface area contributed by atoms with Crippen molar-refractivity contribution in [3.05, 3.63) is 0 Å². The van der Waals surface area contributed by atoms with Gasteiger partial charge in [-0.15, -0.1) is 0 Å². The first-order valence-electron chi connectivity index (χ1n) is 4.73. The predicted molar refractivity (Wildman–Crippen MR) is 48.3 cm³/mol. The lowest BCUT2D eigenvalue weighted by molar-refractivity contribution is -0.157. The number of esters is 1. The van der Waals surface area contributed by atoms with Crippen molar-refractivity contribution in [2.75, 3.05) is 0 Å². The van der Waals surface area contributed by atoms with E-state index in [1.165, 1.54) is 0 Å². The van der Waals surface area contributed by atoms with Crippen molar-refractivity contribution >= 4 is 11.8 Å². The molecule has 0 atom stereocenters. The smallest absolute Gasteiger partial charge is 0.306 e. The molecule has 0 bridgehead atoms. The number of Topliss-reactive ketones (excluding diaryl/α,β-unsaturated/α-hetero) is 1. The average Bonchev–Trinajstić information content (AvgIpc) is 1.99. The van der Waals surface area contributed by atoms with E-state index < -0.39 is 5.60 Å². The molecule has 1 saturated heterocycles. The number of hydrogen-bond donors (Lipinski definition) is 0. The Bertz CT molecular complexity index is 196. The fraction of sp³-hybridized carbons (Fsp3) is 0.800. The third-order valence-corrected chi connectivity index (χ3v) is 2.10. The summed E-state index contributed by atoms with van der Waals surface area (Å²) in [5.41, 5.74) is -0.613. The highest BCUT2D eigenvalue weighted by atomic mass is 16.6. The van der Waals surface area contributed by atoms with E-state index in [9.17, 15) is 9.59 Å². The number of carbonyl (C=O) groups excluding carboxylic acids is 2. The first-order valence-corrected chi connectivity index (χ1v) is 4.73. The van der Waals surface area contributed by atoms with Gasteiger partial charge in [-0.25, -0.2) is 0 Å². The minimum Gasteiger partial charge on any atom is -0.459 e. The summed E-state index contributed by atoms with van der Waals surface area (Å²) < 4.78 is 5.17. The lowest BCUT2D eigenvalue weighted by atomic mass is 9.99. The van der Waals surface area contributed by atoms with Gasteiger partial charge >= 0.3 is 5.97 Å². The summed E-state index contributed by atoms with van der Waals surface area (Å²) in [5.74, 6) is 0.0133. The fourth-order valence-electron chi connectivity index (χ4n) is 1.55. The molecule has 1 heterocycles. The molecule has 0 unspecified atom stereocenters. The molecular weight excluding hydrogens is 168 g/mol. The van der Waals surface area contributed by atoms with Gasteiger partial charge in [0, 0.05) is 19.3 Å². The van der Waals surface area contributed by atoms with Gasteiger partial charge in [-0.05, 0) is 26.7 Å². The van der Waals surface area contributed by atoms with E-state index in [0.29, 0.717) is 19.3 Å². The molecule has 0 aromatic heterocycles. The standard InChI is InChI=1S/C10H16O3/c1-10(2)7-8(11)5-3-4-6-9(12)13-10/h3-7H2,1-2H3. The van der Waals surface area contributed by atoms with Crippen LogP contribution >= 0.6 is 0 Å². The van der Waals surface area contributed by atoms with Crippen molar-refractivity contribution in [1.82, 2.24) is 0 Å². The summed E-state index contributed by atoms with van der Waals surface area (Å²) in [6.45, 7) is 3.57. The summed E-state index contributed by atoms with van der Waals surface area (Å²) in [4.78, 5) is 22.5. The molecule has 0 amide bonds. The Balaban J connectivity index is 2.64. The summed E-state index contributed by atoms with van der Waals surface area (Å²) in [6.07, 6.45) is 2.94. The van der Waals surface area contributed by atoms with Crippen LogP contribution in [0.4, 0.5) is 0 Å². The Morgan fingerprint density at radius 2 is 1.77 bits per heavy atom. The zero-order valence-electron chi connectivity index (χ0n) is 8.26. The zero-order valence-corrected chi connectivity index (χ0v) is 8.26. The number of ether oxygens (including phenoxy) is 1. The van der Waals surface area contributed by atoms with Crippen LogP contribution in [-0.2, 0) is 14.3 Å². The molecule has 0 aromatic rings. The molecule has 0 aliphatic carbocycles. The predicted octanol–water partition coefficient (Wildman–Crippen LogP) is 1.84. The topological polar surface area (TPSA) is 43.4 Å². The van der Waals surface area contributed by atoms with Crippen LogP contribution in [0.25, 0.3) is 0 Å². The molecule has 13 heavy (non-hydrogen) atoms. The molecule has 0 N–H and O–H groups in total. The van der Waals surface area contributed by atoms with Gasteiger partial charge in [0.2, 0.25) is 0 Å². The van der Waals surface area contributed by atoms with E-state index in [1.54, 1.807) is 13.8 Å². The average molecular weight is 184 g/mol. The lowest BCUT2D eigenvalue weighted by Crippen LogP contribution is -2.30. The van der Waals surface area contributed by atoms with Crippen LogP contribution in [0.15, 0.2) is 0 Å². The Labute approximate surface area is 78.5 Å². The van der Waals surface area contributed by atoms with E-state index in [4.69, 9.17) is 4.74 Å². The van der Waals surface area contributed by atoms with Crippen LogP contribution in [0.2, 0.25) is 0 Å². The molecular formula is C10H16O3. The van der Waals surface area contributed by atoms with Gasteiger partial charge < -0.3 is 4.74 Å². The van der Waals surface area contributed by atoms with Crippen molar-refractivity contribution in [2.24, 2.45) is 0 Å². The Kier molecular flexibility index (Phi) is 3.07. The van der Waals surface area contributed by atoms with Crippen LogP contribution in [0, 0.1) is 0 Å². The normalized spacial score (nSPS) is 24.2. The first-order chi connectivity index (χ1) is 5.99. The molecule has 1 aliphatic heterocycles. The highest BCUT2D eigenvalue weighted by molar-refractivity contribution is 5.80. The number of rotatable bonds is 0. The van der Waals surface area contributed by atoms with E-state index in [1.807, 2.05) is 0 Å². The third-order valence-electron chi connectivity index (χ3n) is 2.10. The number of ketones is 1. The molecule has 0 spiro atoms. The third kappa shape index (κ3) is 3.57. The molecule has 1 fully saturated rings. The van der Waals surface area contributed by atoms with Crippen molar-refractivity contribution in [3.63, 3.8) is 0 Å². The fourth-order valence-corrected chi connectivity index (χ4v) is 1.55. The molecule has 0 radical (unpaired) electrons. The van der Waals surface area contributed by atoms with Crippen molar-refractivity contribution in [1.29, 1.82) is 0 Å². The highest BCUT2D eigenvalue weighted by Gasteiger charge is 2.27. The van der Waals surface area contributed by atoms with Gasteiger partial charge in [0.1, 0.15) is 11.4 Å². The van der Waals surface area contributed by atoms with E-state index in [0.717, 1.165) is 12.8 Å². The Morgan fingerprint density at radius 3 is 2.46 bits per heavy atom. The SMILES string of the molecule is CC1(C)CC(=O)CCCCC(=O)O1. The van der Waals surface area contributed by atoms with Gasteiger partial charge in [-0.2, -0.15) is 0 Å². The number of carbonyl (C=O) groups is 2. The van der Waals surface area contributed by atoms with Gasteiger partial charge in [0.15, 0.2) is 0 Å².